The lowest BCUT2D eigenvalue weighted by atomic mass is 10.1. The molecule has 0 spiro atoms. The molecule has 2 fully saturated rings. The monoisotopic (exact) mass is 286 g/mol. The van der Waals surface area contributed by atoms with E-state index in [0.717, 1.165) is 11.0 Å². The predicted octanol–water partition coefficient (Wildman–Crippen LogP) is 1.32. The van der Waals surface area contributed by atoms with Gasteiger partial charge < -0.3 is 5.11 Å². The van der Waals surface area contributed by atoms with Crippen LogP contribution in [0.4, 0.5) is 5.82 Å². The Morgan fingerprint density at radius 1 is 1.29 bits per heavy atom. The smallest absolute Gasteiger partial charge is 0.328 e. The number of carboxylic acids is 1. The molecule has 2 atom stereocenters. The van der Waals surface area contributed by atoms with Crippen molar-refractivity contribution in [3.8, 4) is 0 Å². The zero-order valence-electron chi connectivity index (χ0n) is 11.6. The Kier molecular flexibility index (Phi) is 2.73. The molecule has 1 aliphatic carbocycles. The van der Waals surface area contributed by atoms with E-state index in [1.54, 1.807) is 18.2 Å². The number of carbonyl (C=O) groups is 3. The van der Waals surface area contributed by atoms with Crippen molar-refractivity contribution < 1.29 is 19.5 Å². The Morgan fingerprint density at radius 2 is 1.90 bits per heavy atom. The van der Waals surface area contributed by atoms with Gasteiger partial charge in [0.25, 0.3) is 0 Å². The fraction of sp³-hybridized carbons (Fsp3) is 0.333. The molecule has 1 saturated heterocycles. The van der Waals surface area contributed by atoms with Gasteiger partial charge in [0.05, 0.1) is 17.5 Å². The van der Waals surface area contributed by atoms with Gasteiger partial charge in [-0.15, -0.1) is 0 Å². The lowest BCUT2D eigenvalue weighted by Gasteiger charge is -2.19. The van der Waals surface area contributed by atoms with E-state index < -0.39 is 5.97 Å². The topological polar surface area (TPSA) is 87.6 Å². The quantitative estimate of drug-likeness (QED) is 0.669. The summed E-state index contributed by atoms with van der Waals surface area (Å²) in [6.07, 6.45) is 2.28. The minimum atomic E-state index is -1.08. The van der Waals surface area contributed by atoms with E-state index in [0.29, 0.717) is 5.69 Å². The molecule has 3 rings (SSSR count). The molecule has 2 heterocycles. The van der Waals surface area contributed by atoms with Gasteiger partial charge in [0.1, 0.15) is 5.82 Å². The van der Waals surface area contributed by atoms with Crippen molar-refractivity contribution in [1.29, 1.82) is 0 Å². The number of rotatable bonds is 3. The van der Waals surface area contributed by atoms with Gasteiger partial charge in [0.15, 0.2) is 0 Å². The first kappa shape index (κ1) is 13.5. The lowest BCUT2D eigenvalue weighted by molar-refractivity contribution is -0.131. The number of aromatic nitrogens is 1. The summed E-state index contributed by atoms with van der Waals surface area (Å²) >= 11 is 0. The second-order valence-electron chi connectivity index (χ2n) is 5.88. The van der Waals surface area contributed by atoms with Crippen molar-refractivity contribution in [2.75, 3.05) is 4.90 Å². The number of piperidine rings is 1. The zero-order chi connectivity index (χ0) is 15.4. The maximum absolute atomic E-state index is 12.3. The van der Waals surface area contributed by atoms with Gasteiger partial charge in [-0.05, 0) is 23.6 Å². The number of aliphatic carboxylic acids is 1. The number of carbonyl (C=O) groups excluding carboxylic acids is 2. The number of amides is 2. The molecule has 1 aliphatic heterocycles. The third-order valence-corrected chi connectivity index (χ3v) is 4.18. The highest BCUT2D eigenvalue weighted by Gasteiger charge is 2.72. The Bertz CT molecular complexity index is 669. The third-order valence-electron chi connectivity index (χ3n) is 4.18. The van der Waals surface area contributed by atoms with E-state index in [4.69, 9.17) is 5.11 Å². The molecule has 1 N–H and O–H groups in total. The van der Waals surface area contributed by atoms with Crippen LogP contribution in [0, 0.1) is 17.3 Å². The maximum Gasteiger partial charge on any atom is 0.328 e. The highest BCUT2D eigenvalue weighted by atomic mass is 16.4. The van der Waals surface area contributed by atoms with Gasteiger partial charge in [0, 0.05) is 6.08 Å². The van der Waals surface area contributed by atoms with Crippen LogP contribution < -0.4 is 4.90 Å². The Morgan fingerprint density at radius 3 is 2.48 bits per heavy atom. The van der Waals surface area contributed by atoms with E-state index in [-0.39, 0.29) is 34.9 Å². The molecule has 6 nitrogen and oxygen atoms in total. The lowest BCUT2D eigenvalue weighted by Crippen LogP contribution is -2.36. The molecule has 1 aromatic rings. The summed E-state index contributed by atoms with van der Waals surface area (Å²) in [5.74, 6) is -1.79. The SMILES string of the molecule is CC1(C)C2C(=O)N(c3cccc(C=CC(=O)O)n3)C(=O)C21. The molecule has 21 heavy (non-hydrogen) atoms. The van der Waals surface area contributed by atoms with Crippen LogP contribution in [0.3, 0.4) is 0 Å². The van der Waals surface area contributed by atoms with E-state index in [9.17, 15) is 14.4 Å². The van der Waals surface area contributed by atoms with Crippen LogP contribution in [-0.2, 0) is 14.4 Å². The molecule has 108 valence electrons. The average molecular weight is 286 g/mol. The molecule has 2 unspecified atom stereocenters. The van der Waals surface area contributed by atoms with Crippen LogP contribution in [0.15, 0.2) is 24.3 Å². The number of imide groups is 1. The summed E-state index contributed by atoms with van der Waals surface area (Å²) in [5.41, 5.74) is 0.126. The number of fused-ring (bicyclic) bond motifs is 1. The molecule has 2 aliphatic rings. The second kappa shape index (κ2) is 4.25. The standard InChI is InChI=1S/C15H14N2O4/c1-15(2)11-12(15)14(21)17(13(11)20)9-5-3-4-8(16-9)6-7-10(18)19/h3-7,11-12H,1-2H3,(H,18,19). The molecule has 0 radical (unpaired) electrons. The Labute approximate surface area is 121 Å². The third kappa shape index (κ3) is 1.94. The molecule has 0 bridgehead atoms. The molecule has 2 amide bonds. The summed E-state index contributed by atoms with van der Waals surface area (Å²) in [6, 6.07) is 4.82. The number of hydrogen-bond donors (Lipinski definition) is 1. The average Bonchev–Trinajstić information content (AvgIpc) is 2.87. The summed E-state index contributed by atoms with van der Waals surface area (Å²) in [6.45, 7) is 3.82. The van der Waals surface area contributed by atoms with Crippen LogP contribution in [-0.4, -0.2) is 27.9 Å². The Balaban J connectivity index is 1.89. The van der Waals surface area contributed by atoms with Crippen molar-refractivity contribution >= 4 is 29.7 Å². The van der Waals surface area contributed by atoms with Crippen LogP contribution in [0.25, 0.3) is 6.08 Å². The number of pyridine rings is 1. The Hall–Kier alpha value is -2.50. The van der Waals surface area contributed by atoms with Gasteiger partial charge in [-0.25, -0.2) is 14.7 Å². The van der Waals surface area contributed by atoms with E-state index in [1.165, 1.54) is 6.08 Å². The molecular weight excluding hydrogens is 272 g/mol. The first-order valence-corrected chi connectivity index (χ1v) is 6.60. The molecule has 6 heteroatoms. The molecule has 1 saturated carbocycles. The van der Waals surface area contributed by atoms with Gasteiger partial charge >= 0.3 is 5.97 Å². The molecule has 0 aromatic carbocycles. The number of anilines is 1. The number of carboxylic acid groups (broad SMARTS) is 1. The summed E-state index contributed by atoms with van der Waals surface area (Å²) in [5, 5.41) is 8.60. The fourth-order valence-electron chi connectivity index (χ4n) is 2.99. The first-order valence-electron chi connectivity index (χ1n) is 6.60. The summed E-state index contributed by atoms with van der Waals surface area (Å²) in [4.78, 5) is 40.4. The van der Waals surface area contributed by atoms with Crippen molar-refractivity contribution in [3.05, 3.63) is 30.0 Å². The maximum atomic E-state index is 12.3. The van der Waals surface area contributed by atoms with Gasteiger partial charge in [-0.3, -0.25) is 9.59 Å². The van der Waals surface area contributed by atoms with E-state index in [2.05, 4.69) is 4.98 Å². The first-order chi connectivity index (χ1) is 9.84. The summed E-state index contributed by atoms with van der Waals surface area (Å²) in [7, 11) is 0. The van der Waals surface area contributed by atoms with Gasteiger partial charge in [-0.2, -0.15) is 0 Å². The van der Waals surface area contributed by atoms with Crippen LogP contribution >= 0.6 is 0 Å². The molecule has 1 aromatic heterocycles. The zero-order valence-corrected chi connectivity index (χ0v) is 11.6. The van der Waals surface area contributed by atoms with Crippen molar-refractivity contribution in [3.63, 3.8) is 0 Å². The largest absolute Gasteiger partial charge is 0.478 e. The van der Waals surface area contributed by atoms with Crippen molar-refractivity contribution in [2.24, 2.45) is 17.3 Å². The molecular formula is C15H14N2O4. The highest BCUT2D eigenvalue weighted by Crippen LogP contribution is 2.63. The minimum absolute atomic E-state index is 0.220. The van der Waals surface area contributed by atoms with E-state index >= 15 is 0 Å². The van der Waals surface area contributed by atoms with Gasteiger partial charge in [-0.1, -0.05) is 19.9 Å². The number of hydrogen-bond acceptors (Lipinski definition) is 4. The fourth-order valence-corrected chi connectivity index (χ4v) is 2.99. The van der Waals surface area contributed by atoms with Crippen molar-refractivity contribution in [1.82, 2.24) is 4.98 Å². The second-order valence-corrected chi connectivity index (χ2v) is 5.88. The van der Waals surface area contributed by atoms with Crippen molar-refractivity contribution in [2.45, 2.75) is 13.8 Å². The number of nitrogens with zero attached hydrogens (tertiary/aromatic N) is 2. The van der Waals surface area contributed by atoms with E-state index in [1.807, 2.05) is 13.8 Å². The summed E-state index contributed by atoms with van der Waals surface area (Å²) < 4.78 is 0. The normalized spacial score (nSPS) is 26.3. The van der Waals surface area contributed by atoms with Crippen LogP contribution in [0.2, 0.25) is 0 Å². The predicted molar refractivity (Wildman–Crippen MR) is 74.2 cm³/mol. The minimum Gasteiger partial charge on any atom is -0.478 e. The van der Waals surface area contributed by atoms with Crippen LogP contribution in [0.1, 0.15) is 19.5 Å². The van der Waals surface area contributed by atoms with Crippen LogP contribution in [0.5, 0.6) is 0 Å². The highest BCUT2D eigenvalue weighted by molar-refractivity contribution is 6.25. The van der Waals surface area contributed by atoms with Gasteiger partial charge in [0.2, 0.25) is 11.8 Å².